The summed E-state index contributed by atoms with van der Waals surface area (Å²) in [6.45, 7) is 2.40. The van der Waals surface area contributed by atoms with Gasteiger partial charge in [0.25, 0.3) is 0 Å². The molecule has 1 atom stereocenters. The fraction of sp³-hybridized carbons (Fsp3) is 0.700. The minimum absolute atomic E-state index is 0.429. The molecular formula is C10H17N3. The molecule has 0 spiro atoms. The third kappa shape index (κ3) is 1.91. The molecule has 1 unspecified atom stereocenters. The van der Waals surface area contributed by atoms with Crippen molar-refractivity contribution in [2.24, 2.45) is 10.7 Å². The highest BCUT2D eigenvalue weighted by molar-refractivity contribution is 5.61. The van der Waals surface area contributed by atoms with Crippen LogP contribution >= 0.6 is 0 Å². The average Bonchev–Trinajstić information content (AvgIpc) is 2.20. The van der Waals surface area contributed by atoms with Gasteiger partial charge in [-0.2, -0.15) is 0 Å². The Balaban J connectivity index is 1.99. The summed E-state index contributed by atoms with van der Waals surface area (Å²) in [5, 5.41) is 0. The largest absolute Gasteiger partial charge is 0.399 e. The van der Waals surface area contributed by atoms with E-state index in [1.54, 1.807) is 6.20 Å². The fourth-order valence-corrected chi connectivity index (χ4v) is 2.11. The second-order valence-corrected chi connectivity index (χ2v) is 3.81. The normalized spacial score (nSPS) is 30.2. The van der Waals surface area contributed by atoms with Gasteiger partial charge in [0.1, 0.15) is 0 Å². The summed E-state index contributed by atoms with van der Waals surface area (Å²) in [5.41, 5.74) is 6.85. The number of likely N-dealkylation sites (tertiary alicyclic amines) is 1. The molecule has 13 heavy (non-hydrogen) atoms. The van der Waals surface area contributed by atoms with Gasteiger partial charge >= 0.3 is 0 Å². The lowest BCUT2D eigenvalue weighted by atomic mass is 10.0. The van der Waals surface area contributed by atoms with E-state index in [1.807, 2.05) is 6.21 Å². The maximum absolute atomic E-state index is 5.92. The Morgan fingerprint density at radius 2 is 2.08 bits per heavy atom. The SMILES string of the molecule is NC1=CN=CCC1N1CCCCC1. The molecule has 0 bridgehead atoms. The van der Waals surface area contributed by atoms with Crippen LogP contribution in [0.3, 0.4) is 0 Å². The highest BCUT2D eigenvalue weighted by Gasteiger charge is 2.22. The molecule has 0 saturated carbocycles. The van der Waals surface area contributed by atoms with E-state index in [-0.39, 0.29) is 0 Å². The summed E-state index contributed by atoms with van der Waals surface area (Å²) in [4.78, 5) is 6.55. The first-order chi connectivity index (χ1) is 6.38. The van der Waals surface area contributed by atoms with E-state index < -0.39 is 0 Å². The first kappa shape index (κ1) is 8.75. The second kappa shape index (κ2) is 3.92. The molecule has 2 N–H and O–H groups in total. The van der Waals surface area contributed by atoms with Crippen LogP contribution in [0, 0.1) is 0 Å². The van der Waals surface area contributed by atoms with E-state index in [1.165, 1.54) is 32.4 Å². The van der Waals surface area contributed by atoms with Crippen molar-refractivity contribution in [2.45, 2.75) is 31.7 Å². The van der Waals surface area contributed by atoms with E-state index in [0.717, 1.165) is 12.1 Å². The minimum atomic E-state index is 0.429. The standard InChI is InChI=1S/C10H17N3/c11-9-8-12-5-4-10(9)13-6-2-1-3-7-13/h5,8,10H,1-4,6-7,11H2. The minimum Gasteiger partial charge on any atom is -0.399 e. The van der Waals surface area contributed by atoms with Crippen molar-refractivity contribution in [3.63, 3.8) is 0 Å². The number of hydrogen-bond donors (Lipinski definition) is 1. The molecule has 2 rings (SSSR count). The number of aliphatic imine (C=N–C) groups is 1. The highest BCUT2D eigenvalue weighted by Crippen LogP contribution is 2.18. The van der Waals surface area contributed by atoms with Crippen molar-refractivity contribution in [3.05, 3.63) is 11.9 Å². The number of nitrogens with two attached hydrogens (primary N) is 1. The van der Waals surface area contributed by atoms with Crippen LogP contribution in [0.15, 0.2) is 16.9 Å². The van der Waals surface area contributed by atoms with Crippen LogP contribution in [0.2, 0.25) is 0 Å². The number of rotatable bonds is 1. The van der Waals surface area contributed by atoms with E-state index in [0.29, 0.717) is 6.04 Å². The van der Waals surface area contributed by atoms with Crippen molar-refractivity contribution in [3.8, 4) is 0 Å². The fourth-order valence-electron chi connectivity index (χ4n) is 2.11. The van der Waals surface area contributed by atoms with Crippen molar-refractivity contribution in [1.29, 1.82) is 0 Å². The molecule has 2 aliphatic heterocycles. The predicted octanol–water partition coefficient (Wildman–Crippen LogP) is 1.12. The monoisotopic (exact) mass is 179 g/mol. The Kier molecular flexibility index (Phi) is 2.64. The lowest BCUT2D eigenvalue weighted by Gasteiger charge is -2.34. The third-order valence-electron chi connectivity index (χ3n) is 2.87. The zero-order valence-corrected chi connectivity index (χ0v) is 7.95. The van der Waals surface area contributed by atoms with Gasteiger partial charge in [0.15, 0.2) is 0 Å². The molecule has 1 saturated heterocycles. The van der Waals surface area contributed by atoms with Gasteiger partial charge in [-0.25, -0.2) is 0 Å². The van der Waals surface area contributed by atoms with Crippen LogP contribution in [0.4, 0.5) is 0 Å². The van der Waals surface area contributed by atoms with Gasteiger partial charge in [-0.3, -0.25) is 9.89 Å². The highest BCUT2D eigenvalue weighted by atomic mass is 15.2. The zero-order valence-electron chi connectivity index (χ0n) is 7.95. The van der Waals surface area contributed by atoms with Crippen LogP contribution in [-0.2, 0) is 0 Å². The van der Waals surface area contributed by atoms with Gasteiger partial charge in [-0.15, -0.1) is 0 Å². The van der Waals surface area contributed by atoms with Crippen molar-refractivity contribution >= 4 is 6.21 Å². The number of piperidine rings is 1. The quantitative estimate of drug-likeness (QED) is 0.655. The first-order valence-corrected chi connectivity index (χ1v) is 5.09. The lowest BCUT2D eigenvalue weighted by molar-refractivity contribution is 0.186. The van der Waals surface area contributed by atoms with Gasteiger partial charge in [0, 0.05) is 24.5 Å². The molecular weight excluding hydrogens is 162 g/mol. The Bertz CT molecular complexity index is 226. The maximum atomic E-state index is 5.92. The van der Waals surface area contributed by atoms with Crippen LogP contribution in [-0.4, -0.2) is 30.2 Å². The van der Waals surface area contributed by atoms with E-state index >= 15 is 0 Å². The summed E-state index contributed by atoms with van der Waals surface area (Å²) in [6, 6.07) is 0.429. The molecule has 0 radical (unpaired) electrons. The van der Waals surface area contributed by atoms with Gasteiger partial charge in [-0.1, -0.05) is 6.42 Å². The molecule has 1 fully saturated rings. The van der Waals surface area contributed by atoms with Gasteiger partial charge < -0.3 is 5.73 Å². The van der Waals surface area contributed by atoms with Gasteiger partial charge in [0.05, 0.1) is 6.04 Å². The second-order valence-electron chi connectivity index (χ2n) is 3.81. The van der Waals surface area contributed by atoms with Crippen LogP contribution in [0.5, 0.6) is 0 Å². The molecule has 3 heteroatoms. The van der Waals surface area contributed by atoms with E-state index in [9.17, 15) is 0 Å². The Hall–Kier alpha value is -0.830. The summed E-state index contributed by atoms with van der Waals surface area (Å²) < 4.78 is 0. The molecule has 2 heterocycles. The molecule has 0 aromatic heterocycles. The van der Waals surface area contributed by atoms with Crippen molar-refractivity contribution in [1.82, 2.24) is 4.90 Å². The average molecular weight is 179 g/mol. The Morgan fingerprint density at radius 3 is 2.77 bits per heavy atom. The number of nitrogens with zero attached hydrogens (tertiary/aromatic N) is 2. The zero-order chi connectivity index (χ0) is 9.10. The summed E-state index contributed by atoms with van der Waals surface area (Å²) in [6.07, 6.45) is 8.77. The van der Waals surface area contributed by atoms with Crippen LogP contribution < -0.4 is 5.73 Å². The molecule has 0 aromatic carbocycles. The van der Waals surface area contributed by atoms with Crippen molar-refractivity contribution < 1.29 is 0 Å². The van der Waals surface area contributed by atoms with Gasteiger partial charge in [0.2, 0.25) is 0 Å². The van der Waals surface area contributed by atoms with E-state index in [4.69, 9.17) is 5.73 Å². The smallest absolute Gasteiger partial charge is 0.0558 e. The third-order valence-corrected chi connectivity index (χ3v) is 2.87. The van der Waals surface area contributed by atoms with E-state index in [2.05, 4.69) is 9.89 Å². The summed E-state index contributed by atoms with van der Waals surface area (Å²) in [5.74, 6) is 0. The van der Waals surface area contributed by atoms with Crippen LogP contribution in [0.1, 0.15) is 25.7 Å². The lowest BCUT2D eigenvalue weighted by Crippen LogP contribution is -2.43. The predicted molar refractivity (Wildman–Crippen MR) is 54.6 cm³/mol. The number of hydrogen-bond acceptors (Lipinski definition) is 3. The summed E-state index contributed by atoms with van der Waals surface area (Å²) in [7, 11) is 0. The maximum Gasteiger partial charge on any atom is 0.0558 e. The molecule has 72 valence electrons. The molecule has 0 aliphatic carbocycles. The Morgan fingerprint density at radius 1 is 1.31 bits per heavy atom. The van der Waals surface area contributed by atoms with Crippen LogP contribution in [0.25, 0.3) is 0 Å². The molecule has 0 amide bonds. The molecule has 0 aromatic rings. The first-order valence-electron chi connectivity index (χ1n) is 5.09. The van der Waals surface area contributed by atoms with Gasteiger partial charge in [-0.05, 0) is 25.9 Å². The molecule has 3 nitrogen and oxygen atoms in total. The summed E-state index contributed by atoms with van der Waals surface area (Å²) >= 11 is 0. The topological polar surface area (TPSA) is 41.6 Å². The van der Waals surface area contributed by atoms with Crippen molar-refractivity contribution in [2.75, 3.05) is 13.1 Å². The molecule has 2 aliphatic rings. The Labute approximate surface area is 79.3 Å².